The van der Waals surface area contributed by atoms with Crippen molar-refractivity contribution < 1.29 is 13.9 Å². The van der Waals surface area contributed by atoms with Gasteiger partial charge in [-0.2, -0.15) is 4.98 Å². The quantitative estimate of drug-likeness (QED) is 0.781. The molecule has 0 aliphatic carbocycles. The number of piperidine rings is 1. The van der Waals surface area contributed by atoms with Gasteiger partial charge in [-0.15, -0.1) is 0 Å². The Hall–Kier alpha value is -2.70. The number of rotatable bonds is 7. The van der Waals surface area contributed by atoms with Crippen LogP contribution in [-0.2, 0) is 4.79 Å². The van der Waals surface area contributed by atoms with Gasteiger partial charge in [-0.05, 0) is 50.5 Å². The lowest BCUT2D eigenvalue weighted by Crippen LogP contribution is -2.45. The average Bonchev–Trinajstić information content (AvgIpc) is 2.70. The summed E-state index contributed by atoms with van der Waals surface area (Å²) in [6, 6.07) is 7.63. The van der Waals surface area contributed by atoms with E-state index in [2.05, 4.69) is 22.2 Å². The number of nitrogens with zero attached hydrogens (tertiary/aromatic N) is 3. The first-order chi connectivity index (χ1) is 13.5. The summed E-state index contributed by atoms with van der Waals surface area (Å²) in [5.74, 6) is 1.15. The molecule has 0 saturated carbocycles. The minimum absolute atomic E-state index is 0.0710. The predicted molar refractivity (Wildman–Crippen MR) is 106 cm³/mol. The number of hydrogen-bond acceptors (Lipinski definition) is 5. The second-order valence-corrected chi connectivity index (χ2v) is 7.23. The molecule has 3 rings (SSSR count). The predicted octanol–water partition coefficient (Wildman–Crippen LogP) is 3.93. The van der Waals surface area contributed by atoms with Gasteiger partial charge in [-0.1, -0.05) is 13.3 Å². The molecule has 1 amide bonds. The normalized spacial score (nSPS) is 17.8. The highest BCUT2D eigenvalue weighted by Crippen LogP contribution is 2.24. The van der Waals surface area contributed by atoms with Crippen LogP contribution in [0.2, 0.25) is 0 Å². The minimum Gasteiger partial charge on any atom is -0.439 e. The van der Waals surface area contributed by atoms with Gasteiger partial charge in [0.1, 0.15) is 11.6 Å². The van der Waals surface area contributed by atoms with Crippen molar-refractivity contribution in [3.05, 3.63) is 42.3 Å². The van der Waals surface area contributed by atoms with Gasteiger partial charge < -0.3 is 15.0 Å². The zero-order chi connectivity index (χ0) is 19.9. The van der Waals surface area contributed by atoms with E-state index in [9.17, 15) is 9.18 Å². The smallest absolute Gasteiger partial charge is 0.228 e. The average molecular weight is 386 g/mol. The lowest BCUT2D eigenvalue weighted by atomic mass is 9.97. The van der Waals surface area contributed by atoms with Crippen LogP contribution in [0, 0.1) is 11.7 Å². The Labute approximate surface area is 165 Å². The number of amides is 1. The molecule has 1 aromatic heterocycles. The first-order valence-corrected chi connectivity index (χ1v) is 9.87. The van der Waals surface area contributed by atoms with Gasteiger partial charge >= 0.3 is 0 Å². The number of carbonyl (C=O) groups excluding carboxylic acids is 1. The van der Waals surface area contributed by atoms with Gasteiger partial charge in [0, 0.05) is 31.4 Å². The summed E-state index contributed by atoms with van der Waals surface area (Å²) < 4.78 is 18.7. The molecule has 2 heterocycles. The Morgan fingerprint density at radius 3 is 2.89 bits per heavy atom. The molecule has 2 atom stereocenters. The van der Waals surface area contributed by atoms with Crippen LogP contribution < -0.4 is 15.0 Å². The number of benzene rings is 1. The molecule has 2 unspecified atom stereocenters. The molecule has 1 N–H and O–H groups in total. The number of nitrogens with one attached hydrogen (secondary N) is 1. The van der Waals surface area contributed by atoms with Crippen LogP contribution in [0.15, 0.2) is 36.5 Å². The third kappa shape index (κ3) is 5.41. The monoisotopic (exact) mass is 386 g/mol. The van der Waals surface area contributed by atoms with Crippen LogP contribution in [0.25, 0.3) is 0 Å². The molecule has 0 radical (unpaired) electrons. The van der Waals surface area contributed by atoms with Crippen molar-refractivity contribution >= 4 is 11.9 Å². The van der Waals surface area contributed by atoms with Crippen molar-refractivity contribution in [2.75, 3.05) is 18.0 Å². The molecule has 150 valence electrons. The molecule has 1 aromatic carbocycles. The van der Waals surface area contributed by atoms with Gasteiger partial charge in [0.15, 0.2) is 0 Å². The molecule has 1 aliphatic heterocycles. The fraction of sp³-hybridized carbons (Fsp3) is 0.476. The van der Waals surface area contributed by atoms with Crippen LogP contribution in [-0.4, -0.2) is 35.0 Å². The molecule has 0 bridgehead atoms. The SMILES string of the molecule is CCCC(C)NC(=O)C1CCCN(c2nccc(Oc3ccc(F)cc3)n2)C1. The van der Waals surface area contributed by atoms with E-state index in [4.69, 9.17) is 4.74 Å². The van der Waals surface area contributed by atoms with Crippen LogP contribution >= 0.6 is 0 Å². The summed E-state index contributed by atoms with van der Waals surface area (Å²) in [6.45, 7) is 5.55. The van der Waals surface area contributed by atoms with Crippen molar-refractivity contribution in [1.82, 2.24) is 15.3 Å². The van der Waals surface area contributed by atoms with Crippen LogP contribution in [0.5, 0.6) is 11.6 Å². The Bertz CT molecular complexity index is 784. The topological polar surface area (TPSA) is 67.4 Å². The van der Waals surface area contributed by atoms with Crippen LogP contribution in [0.3, 0.4) is 0 Å². The van der Waals surface area contributed by atoms with E-state index in [0.29, 0.717) is 24.1 Å². The number of ether oxygens (including phenoxy) is 1. The summed E-state index contributed by atoms with van der Waals surface area (Å²) in [5.41, 5.74) is 0. The van der Waals surface area contributed by atoms with Gasteiger partial charge in [0.25, 0.3) is 0 Å². The minimum atomic E-state index is -0.318. The number of anilines is 1. The summed E-state index contributed by atoms with van der Waals surface area (Å²) in [6.07, 6.45) is 5.44. The third-order valence-electron chi connectivity index (χ3n) is 4.84. The van der Waals surface area contributed by atoms with Crippen molar-refractivity contribution in [2.45, 2.75) is 45.6 Å². The van der Waals surface area contributed by atoms with Crippen LogP contribution in [0.4, 0.5) is 10.3 Å². The van der Waals surface area contributed by atoms with Crippen LogP contribution in [0.1, 0.15) is 39.5 Å². The van der Waals surface area contributed by atoms with Gasteiger partial charge in [-0.25, -0.2) is 9.37 Å². The Kier molecular flexibility index (Phi) is 6.79. The number of hydrogen-bond donors (Lipinski definition) is 1. The zero-order valence-corrected chi connectivity index (χ0v) is 16.4. The summed E-state index contributed by atoms with van der Waals surface area (Å²) >= 11 is 0. The third-order valence-corrected chi connectivity index (χ3v) is 4.84. The lowest BCUT2D eigenvalue weighted by molar-refractivity contribution is -0.125. The van der Waals surface area contributed by atoms with E-state index in [1.54, 1.807) is 24.4 Å². The van der Waals surface area contributed by atoms with Gasteiger partial charge in [0.05, 0.1) is 5.92 Å². The highest BCUT2D eigenvalue weighted by molar-refractivity contribution is 5.79. The summed E-state index contributed by atoms with van der Waals surface area (Å²) in [5, 5.41) is 3.11. The van der Waals surface area contributed by atoms with E-state index in [-0.39, 0.29) is 23.7 Å². The molecule has 1 fully saturated rings. The molecule has 0 spiro atoms. The van der Waals surface area contributed by atoms with Crippen molar-refractivity contribution in [1.29, 1.82) is 0 Å². The molecule has 1 saturated heterocycles. The van der Waals surface area contributed by atoms with Crippen molar-refractivity contribution in [2.24, 2.45) is 5.92 Å². The van der Waals surface area contributed by atoms with Gasteiger partial charge in [0.2, 0.25) is 17.7 Å². The molecule has 6 nitrogen and oxygen atoms in total. The van der Waals surface area contributed by atoms with E-state index in [1.807, 2.05) is 11.8 Å². The molecule has 28 heavy (non-hydrogen) atoms. The van der Waals surface area contributed by atoms with Gasteiger partial charge in [-0.3, -0.25) is 4.79 Å². The maximum atomic E-state index is 13.0. The van der Waals surface area contributed by atoms with E-state index >= 15 is 0 Å². The summed E-state index contributed by atoms with van der Waals surface area (Å²) in [4.78, 5) is 23.4. The molecule has 2 aromatic rings. The molecule has 1 aliphatic rings. The van der Waals surface area contributed by atoms with Crippen molar-refractivity contribution in [3.63, 3.8) is 0 Å². The maximum absolute atomic E-state index is 13.0. The maximum Gasteiger partial charge on any atom is 0.228 e. The molecule has 7 heteroatoms. The first-order valence-electron chi connectivity index (χ1n) is 9.87. The van der Waals surface area contributed by atoms with E-state index in [0.717, 1.165) is 32.2 Å². The van der Waals surface area contributed by atoms with E-state index in [1.165, 1.54) is 12.1 Å². The zero-order valence-electron chi connectivity index (χ0n) is 16.4. The largest absolute Gasteiger partial charge is 0.439 e. The number of aromatic nitrogens is 2. The number of halogens is 1. The Morgan fingerprint density at radius 1 is 1.36 bits per heavy atom. The standard InChI is InChI=1S/C21H27FN4O2/c1-3-5-15(2)24-20(27)16-6-4-13-26(14-16)21-23-12-11-19(25-21)28-18-9-7-17(22)8-10-18/h7-12,15-16H,3-6,13-14H2,1-2H3,(H,24,27). The fourth-order valence-electron chi connectivity index (χ4n) is 3.40. The lowest BCUT2D eigenvalue weighted by Gasteiger charge is -2.32. The summed E-state index contributed by atoms with van der Waals surface area (Å²) in [7, 11) is 0. The fourth-order valence-corrected chi connectivity index (χ4v) is 3.40. The van der Waals surface area contributed by atoms with E-state index < -0.39 is 0 Å². The Morgan fingerprint density at radius 2 is 2.14 bits per heavy atom. The number of carbonyl (C=O) groups is 1. The molecular weight excluding hydrogens is 359 g/mol. The Balaban J connectivity index is 1.64. The second-order valence-electron chi connectivity index (χ2n) is 7.23. The molecular formula is C21H27FN4O2. The first kappa shape index (κ1) is 20.0. The highest BCUT2D eigenvalue weighted by Gasteiger charge is 2.28. The highest BCUT2D eigenvalue weighted by atomic mass is 19.1. The second kappa shape index (κ2) is 9.48. The van der Waals surface area contributed by atoms with Crippen molar-refractivity contribution in [3.8, 4) is 11.6 Å².